The third kappa shape index (κ3) is 2.80. The lowest BCUT2D eigenvalue weighted by molar-refractivity contribution is 0.572. The molecule has 92 valence electrons. The van der Waals surface area contributed by atoms with Gasteiger partial charge >= 0.3 is 0 Å². The Kier molecular flexibility index (Phi) is 3.24. The number of rotatable bonds is 3. The number of oxazole rings is 1. The minimum atomic E-state index is 0.787. The molecule has 19 heavy (non-hydrogen) atoms. The Morgan fingerprint density at radius 2 is 1.63 bits per heavy atom. The highest BCUT2D eigenvalue weighted by Gasteiger charge is 2.00. The van der Waals surface area contributed by atoms with E-state index in [-0.39, 0.29) is 0 Å². The molecule has 3 aromatic rings. The minimum Gasteiger partial charge on any atom is -0.444 e. The molecule has 0 saturated heterocycles. The summed E-state index contributed by atoms with van der Waals surface area (Å²) in [6.45, 7) is 0. The maximum absolute atomic E-state index is 5.30. The summed E-state index contributed by atoms with van der Waals surface area (Å²) in [4.78, 5) is 3.94. The standard InChI is InChI=1S/C17H13NO/c1-2-5-14(6-3-1)9-10-15-7-4-8-16(11-15)17-12-18-13-19-17/h1-13H/b10-9+. The zero-order valence-electron chi connectivity index (χ0n) is 10.4. The van der Waals surface area contributed by atoms with Crippen molar-refractivity contribution in [2.75, 3.05) is 0 Å². The molecule has 2 aromatic carbocycles. The van der Waals surface area contributed by atoms with Gasteiger partial charge in [0.25, 0.3) is 0 Å². The quantitative estimate of drug-likeness (QED) is 0.636. The minimum absolute atomic E-state index is 0.787. The second-order valence-electron chi connectivity index (χ2n) is 4.24. The number of benzene rings is 2. The van der Waals surface area contributed by atoms with Crippen LogP contribution in [0.5, 0.6) is 0 Å². The molecule has 0 aliphatic heterocycles. The van der Waals surface area contributed by atoms with E-state index in [9.17, 15) is 0 Å². The van der Waals surface area contributed by atoms with E-state index in [4.69, 9.17) is 4.42 Å². The Bertz CT molecular complexity index is 670. The summed E-state index contributed by atoms with van der Waals surface area (Å²) in [6, 6.07) is 18.4. The smallest absolute Gasteiger partial charge is 0.181 e. The summed E-state index contributed by atoms with van der Waals surface area (Å²) < 4.78 is 5.30. The largest absolute Gasteiger partial charge is 0.444 e. The second kappa shape index (κ2) is 5.36. The molecule has 1 aromatic heterocycles. The van der Waals surface area contributed by atoms with Gasteiger partial charge in [0.1, 0.15) is 0 Å². The van der Waals surface area contributed by atoms with Crippen molar-refractivity contribution < 1.29 is 4.42 Å². The van der Waals surface area contributed by atoms with Crippen molar-refractivity contribution >= 4 is 12.2 Å². The second-order valence-corrected chi connectivity index (χ2v) is 4.24. The summed E-state index contributed by atoms with van der Waals surface area (Å²) in [5.74, 6) is 0.787. The van der Waals surface area contributed by atoms with Crippen molar-refractivity contribution in [3.8, 4) is 11.3 Å². The first kappa shape index (κ1) is 11.5. The van der Waals surface area contributed by atoms with Crippen LogP contribution in [-0.2, 0) is 0 Å². The lowest BCUT2D eigenvalue weighted by atomic mass is 10.1. The van der Waals surface area contributed by atoms with Gasteiger partial charge in [-0.2, -0.15) is 0 Å². The lowest BCUT2D eigenvalue weighted by Gasteiger charge is -1.98. The molecule has 1 heterocycles. The molecule has 0 fully saturated rings. The fraction of sp³-hybridized carbons (Fsp3) is 0. The Morgan fingerprint density at radius 3 is 2.42 bits per heavy atom. The van der Waals surface area contributed by atoms with Crippen LogP contribution in [0.3, 0.4) is 0 Å². The van der Waals surface area contributed by atoms with Crippen LogP contribution < -0.4 is 0 Å². The van der Waals surface area contributed by atoms with Gasteiger partial charge in [-0.05, 0) is 17.2 Å². The Morgan fingerprint density at radius 1 is 0.842 bits per heavy atom. The van der Waals surface area contributed by atoms with Crippen LogP contribution in [0.2, 0.25) is 0 Å². The van der Waals surface area contributed by atoms with Gasteiger partial charge in [0.2, 0.25) is 0 Å². The zero-order chi connectivity index (χ0) is 12.9. The molecular weight excluding hydrogens is 234 g/mol. The Labute approximate surface area is 112 Å². The van der Waals surface area contributed by atoms with Gasteiger partial charge in [-0.3, -0.25) is 0 Å². The number of aromatic nitrogens is 1. The molecule has 0 aliphatic carbocycles. The van der Waals surface area contributed by atoms with Crippen LogP contribution in [0.15, 0.2) is 71.6 Å². The summed E-state index contributed by atoms with van der Waals surface area (Å²) in [5, 5.41) is 0. The van der Waals surface area contributed by atoms with Gasteiger partial charge in [-0.25, -0.2) is 4.98 Å². The fourth-order valence-electron chi connectivity index (χ4n) is 1.91. The van der Waals surface area contributed by atoms with Gasteiger partial charge in [0, 0.05) is 5.56 Å². The van der Waals surface area contributed by atoms with E-state index in [1.54, 1.807) is 6.20 Å². The first-order valence-corrected chi connectivity index (χ1v) is 6.14. The summed E-state index contributed by atoms with van der Waals surface area (Å²) in [6.07, 6.45) is 7.36. The third-order valence-electron chi connectivity index (χ3n) is 2.87. The predicted molar refractivity (Wildman–Crippen MR) is 77.3 cm³/mol. The van der Waals surface area contributed by atoms with Crippen LogP contribution in [-0.4, -0.2) is 4.98 Å². The van der Waals surface area contributed by atoms with Crippen LogP contribution in [0, 0.1) is 0 Å². The molecule has 0 aliphatic rings. The van der Waals surface area contributed by atoms with Gasteiger partial charge in [0.05, 0.1) is 6.20 Å². The first-order valence-electron chi connectivity index (χ1n) is 6.14. The SMILES string of the molecule is C(=C\c1cccc(-c2cnco2)c1)/c1ccccc1. The van der Waals surface area contributed by atoms with Crippen molar-refractivity contribution in [1.29, 1.82) is 0 Å². The average molecular weight is 247 g/mol. The molecule has 2 heteroatoms. The lowest BCUT2D eigenvalue weighted by Crippen LogP contribution is -1.77. The van der Waals surface area contributed by atoms with Crippen LogP contribution in [0.1, 0.15) is 11.1 Å². The topological polar surface area (TPSA) is 26.0 Å². The van der Waals surface area contributed by atoms with E-state index in [0.29, 0.717) is 0 Å². The van der Waals surface area contributed by atoms with Gasteiger partial charge in [0.15, 0.2) is 12.2 Å². The zero-order valence-corrected chi connectivity index (χ0v) is 10.4. The van der Waals surface area contributed by atoms with E-state index in [1.807, 2.05) is 30.3 Å². The highest BCUT2D eigenvalue weighted by Crippen LogP contribution is 2.20. The molecule has 0 saturated carbocycles. The molecule has 0 bridgehead atoms. The highest BCUT2D eigenvalue weighted by molar-refractivity contribution is 5.72. The van der Waals surface area contributed by atoms with Gasteiger partial charge in [-0.15, -0.1) is 0 Å². The predicted octanol–water partition coefficient (Wildman–Crippen LogP) is 4.51. The first-order chi connectivity index (χ1) is 9.42. The molecule has 0 amide bonds. The molecule has 0 unspecified atom stereocenters. The van der Waals surface area contributed by atoms with E-state index in [0.717, 1.165) is 16.9 Å². The third-order valence-corrected chi connectivity index (χ3v) is 2.87. The normalized spacial score (nSPS) is 10.9. The molecule has 0 N–H and O–H groups in total. The van der Waals surface area contributed by atoms with Crippen LogP contribution >= 0.6 is 0 Å². The molecule has 0 spiro atoms. The highest BCUT2D eigenvalue weighted by atomic mass is 16.3. The van der Waals surface area contributed by atoms with Gasteiger partial charge < -0.3 is 4.42 Å². The van der Waals surface area contributed by atoms with Crippen molar-refractivity contribution in [2.24, 2.45) is 0 Å². The summed E-state index contributed by atoms with van der Waals surface area (Å²) in [5.41, 5.74) is 3.36. The number of hydrogen-bond donors (Lipinski definition) is 0. The molecule has 0 radical (unpaired) electrons. The fourth-order valence-corrected chi connectivity index (χ4v) is 1.91. The number of hydrogen-bond acceptors (Lipinski definition) is 2. The van der Waals surface area contributed by atoms with Gasteiger partial charge in [-0.1, -0.05) is 60.7 Å². The van der Waals surface area contributed by atoms with Crippen molar-refractivity contribution in [2.45, 2.75) is 0 Å². The molecule has 0 atom stereocenters. The monoisotopic (exact) mass is 247 g/mol. The molecule has 3 rings (SSSR count). The maximum atomic E-state index is 5.30. The average Bonchev–Trinajstić information content (AvgIpc) is 3.01. The van der Waals surface area contributed by atoms with E-state index in [1.165, 1.54) is 12.0 Å². The Hall–Kier alpha value is -2.61. The maximum Gasteiger partial charge on any atom is 0.181 e. The molecular formula is C17H13NO. The van der Waals surface area contributed by atoms with E-state index in [2.05, 4.69) is 41.4 Å². The van der Waals surface area contributed by atoms with E-state index >= 15 is 0 Å². The van der Waals surface area contributed by atoms with Crippen LogP contribution in [0.4, 0.5) is 0 Å². The summed E-state index contributed by atoms with van der Waals surface area (Å²) in [7, 11) is 0. The Balaban J connectivity index is 1.86. The van der Waals surface area contributed by atoms with Crippen LogP contribution in [0.25, 0.3) is 23.5 Å². The number of nitrogens with zero attached hydrogens (tertiary/aromatic N) is 1. The van der Waals surface area contributed by atoms with Crippen molar-refractivity contribution in [3.63, 3.8) is 0 Å². The van der Waals surface area contributed by atoms with Crippen molar-refractivity contribution in [1.82, 2.24) is 4.98 Å². The summed E-state index contributed by atoms with van der Waals surface area (Å²) >= 11 is 0. The molecule has 2 nitrogen and oxygen atoms in total. The van der Waals surface area contributed by atoms with Crippen molar-refractivity contribution in [3.05, 3.63) is 78.3 Å². The van der Waals surface area contributed by atoms with E-state index < -0.39 is 0 Å².